The molecule has 0 saturated heterocycles. The summed E-state index contributed by atoms with van der Waals surface area (Å²) in [6.07, 6.45) is 2.70. The van der Waals surface area contributed by atoms with Crippen LogP contribution >= 0.6 is 15.9 Å². The summed E-state index contributed by atoms with van der Waals surface area (Å²) < 4.78 is 25.0. The number of aromatic nitrogens is 2. The summed E-state index contributed by atoms with van der Waals surface area (Å²) in [6.45, 7) is 0.0993. The Bertz CT molecular complexity index is 1280. The van der Waals surface area contributed by atoms with E-state index in [4.69, 9.17) is 9.47 Å². The molecule has 0 aliphatic heterocycles. The number of aromatic amines is 2. The molecule has 0 atom stereocenters. The number of methoxy groups -OCH3 is 1. The molecule has 1 aromatic heterocycles. The number of nitrogens with one attached hydrogen (secondary N) is 2. The average molecular weight is 492 g/mol. The lowest BCUT2D eigenvalue weighted by atomic mass is 10.1. The molecular formula is C20H15BrFN3O6. The zero-order chi connectivity index (χ0) is 22.5. The minimum atomic E-state index is -1.10. The lowest BCUT2D eigenvalue weighted by Gasteiger charge is -2.13. The normalized spacial score (nSPS) is 10.9. The topological polar surface area (TPSA) is 127 Å². The number of rotatable bonds is 7. The first-order valence-electron chi connectivity index (χ1n) is 8.72. The van der Waals surface area contributed by atoms with Gasteiger partial charge in [0.1, 0.15) is 18.1 Å². The fourth-order valence-corrected chi connectivity index (χ4v) is 3.31. The van der Waals surface area contributed by atoms with Gasteiger partial charge in [0, 0.05) is 0 Å². The van der Waals surface area contributed by atoms with Crippen LogP contribution in [0.2, 0.25) is 0 Å². The van der Waals surface area contributed by atoms with Crippen molar-refractivity contribution in [3.05, 3.63) is 94.5 Å². The standard InChI is InChI=1S/C20H15BrFN3O6/c1-30-16-9-11(5-6-15-17(25(28)29)19(26)24-20(27)23-15)8-14(21)18(16)31-10-12-3-2-4-13(22)7-12/h2-9H,10H2,1H3,(H2,23,24,26,27)/b6-5-. The molecule has 3 rings (SSSR count). The van der Waals surface area contributed by atoms with Gasteiger partial charge < -0.3 is 14.5 Å². The molecule has 2 aromatic carbocycles. The SMILES string of the molecule is COc1cc(/C=C\c2[nH]c(=O)[nH]c(=O)c2[N+](=O)[O-])cc(Br)c1OCc1cccc(F)c1. The van der Waals surface area contributed by atoms with Crippen LogP contribution in [0.3, 0.4) is 0 Å². The summed E-state index contributed by atoms with van der Waals surface area (Å²) in [5, 5.41) is 11.1. The van der Waals surface area contributed by atoms with E-state index in [1.807, 2.05) is 4.98 Å². The maximum absolute atomic E-state index is 13.3. The Hall–Kier alpha value is -3.73. The number of hydrogen-bond acceptors (Lipinski definition) is 6. The fraction of sp³-hybridized carbons (Fsp3) is 0.100. The molecule has 11 heteroatoms. The van der Waals surface area contributed by atoms with Gasteiger partial charge in [0.25, 0.3) is 0 Å². The van der Waals surface area contributed by atoms with E-state index in [-0.39, 0.29) is 18.1 Å². The smallest absolute Gasteiger partial charge is 0.357 e. The van der Waals surface area contributed by atoms with Crippen LogP contribution in [0, 0.1) is 15.9 Å². The van der Waals surface area contributed by atoms with Crippen LogP contribution in [-0.4, -0.2) is 22.0 Å². The molecule has 2 N–H and O–H groups in total. The van der Waals surface area contributed by atoms with Crippen LogP contribution < -0.4 is 20.7 Å². The van der Waals surface area contributed by atoms with Gasteiger partial charge in [0.05, 0.1) is 16.5 Å². The third-order valence-corrected chi connectivity index (χ3v) is 4.68. The molecule has 0 bridgehead atoms. The Morgan fingerprint density at radius 2 is 1.97 bits per heavy atom. The molecule has 0 amide bonds. The Kier molecular flexibility index (Phi) is 6.65. The molecule has 0 saturated carbocycles. The van der Waals surface area contributed by atoms with Crippen LogP contribution in [0.4, 0.5) is 10.1 Å². The number of nitro groups is 1. The summed E-state index contributed by atoms with van der Waals surface area (Å²) in [4.78, 5) is 37.5. The number of nitrogens with zero attached hydrogens (tertiary/aromatic N) is 1. The molecule has 0 spiro atoms. The molecule has 0 radical (unpaired) electrons. The first kappa shape index (κ1) is 22.0. The number of H-pyrrole nitrogens is 2. The maximum Gasteiger partial charge on any atom is 0.357 e. The van der Waals surface area contributed by atoms with E-state index < -0.39 is 21.9 Å². The van der Waals surface area contributed by atoms with Gasteiger partial charge in [-0.2, -0.15) is 0 Å². The van der Waals surface area contributed by atoms with Crippen molar-refractivity contribution < 1.29 is 18.8 Å². The van der Waals surface area contributed by atoms with Crippen LogP contribution in [0.1, 0.15) is 16.8 Å². The van der Waals surface area contributed by atoms with E-state index in [0.29, 0.717) is 27.1 Å². The Morgan fingerprint density at radius 1 is 1.19 bits per heavy atom. The highest BCUT2D eigenvalue weighted by Gasteiger charge is 2.19. The van der Waals surface area contributed by atoms with E-state index in [1.165, 1.54) is 31.4 Å². The zero-order valence-corrected chi connectivity index (χ0v) is 17.6. The van der Waals surface area contributed by atoms with E-state index in [9.17, 15) is 24.1 Å². The molecule has 3 aromatic rings. The van der Waals surface area contributed by atoms with Gasteiger partial charge in [0.2, 0.25) is 0 Å². The minimum Gasteiger partial charge on any atom is -0.493 e. The van der Waals surface area contributed by atoms with E-state index >= 15 is 0 Å². The van der Waals surface area contributed by atoms with Crippen molar-refractivity contribution in [3.63, 3.8) is 0 Å². The Balaban J connectivity index is 1.91. The molecular weight excluding hydrogens is 477 g/mol. The van der Waals surface area contributed by atoms with E-state index in [2.05, 4.69) is 20.9 Å². The monoisotopic (exact) mass is 491 g/mol. The second-order valence-corrected chi connectivity index (χ2v) is 7.07. The zero-order valence-electron chi connectivity index (χ0n) is 16.0. The second-order valence-electron chi connectivity index (χ2n) is 6.21. The van der Waals surface area contributed by atoms with E-state index in [0.717, 1.165) is 0 Å². The van der Waals surface area contributed by atoms with Crippen molar-refractivity contribution in [1.82, 2.24) is 9.97 Å². The number of hydrogen-bond donors (Lipinski definition) is 2. The third-order valence-electron chi connectivity index (χ3n) is 4.09. The second kappa shape index (κ2) is 9.39. The van der Waals surface area contributed by atoms with Gasteiger partial charge in [-0.05, 0) is 57.4 Å². The molecule has 0 fully saturated rings. The quantitative estimate of drug-likeness (QED) is 0.383. The maximum atomic E-state index is 13.3. The predicted octanol–water partition coefficient (Wildman–Crippen LogP) is 3.63. The summed E-state index contributed by atoms with van der Waals surface area (Å²) in [7, 11) is 1.43. The van der Waals surface area contributed by atoms with Gasteiger partial charge in [0.15, 0.2) is 11.5 Å². The average Bonchev–Trinajstić information content (AvgIpc) is 2.70. The number of halogens is 2. The first-order chi connectivity index (χ1) is 14.8. The highest BCUT2D eigenvalue weighted by Crippen LogP contribution is 2.37. The lowest BCUT2D eigenvalue weighted by molar-refractivity contribution is -0.386. The largest absolute Gasteiger partial charge is 0.493 e. The van der Waals surface area contributed by atoms with Gasteiger partial charge >= 0.3 is 16.9 Å². The highest BCUT2D eigenvalue weighted by atomic mass is 79.9. The summed E-state index contributed by atoms with van der Waals surface area (Å²) >= 11 is 3.38. The molecule has 0 aliphatic rings. The molecule has 1 heterocycles. The Labute approximate surface area is 182 Å². The van der Waals surface area contributed by atoms with Crippen LogP contribution in [-0.2, 0) is 6.61 Å². The third kappa shape index (κ3) is 5.25. The summed E-state index contributed by atoms with van der Waals surface area (Å²) in [5.74, 6) is 0.346. The van der Waals surface area contributed by atoms with Crippen molar-refractivity contribution in [2.24, 2.45) is 0 Å². The highest BCUT2D eigenvalue weighted by molar-refractivity contribution is 9.10. The van der Waals surface area contributed by atoms with Crippen LogP contribution in [0.25, 0.3) is 12.2 Å². The number of ether oxygens (including phenoxy) is 2. The molecule has 31 heavy (non-hydrogen) atoms. The van der Waals surface area contributed by atoms with E-state index in [1.54, 1.807) is 24.3 Å². The Morgan fingerprint density at radius 3 is 2.65 bits per heavy atom. The van der Waals surface area contributed by atoms with Crippen molar-refractivity contribution in [2.75, 3.05) is 7.11 Å². The summed E-state index contributed by atoms with van der Waals surface area (Å²) in [6, 6.07) is 9.23. The van der Waals surface area contributed by atoms with Crippen LogP contribution in [0.15, 0.2) is 50.5 Å². The van der Waals surface area contributed by atoms with Gasteiger partial charge in [-0.25, -0.2) is 9.18 Å². The minimum absolute atomic E-state index is 0.0993. The van der Waals surface area contributed by atoms with Crippen molar-refractivity contribution in [2.45, 2.75) is 6.61 Å². The van der Waals surface area contributed by atoms with Gasteiger partial charge in [-0.1, -0.05) is 18.2 Å². The van der Waals surface area contributed by atoms with Crippen LogP contribution in [0.5, 0.6) is 11.5 Å². The molecule has 160 valence electrons. The molecule has 0 aliphatic carbocycles. The predicted molar refractivity (Wildman–Crippen MR) is 115 cm³/mol. The van der Waals surface area contributed by atoms with Crippen molar-refractivity contribution >= 4 is 33.8 Å². The molecule has 0 unspecified atom stereocenters. The first-order valence-corrected chi connectivity index (χ1v) is 9.51. The fourth-order valence-electron chi connectivity index (χ4n) is 2.74. The van der Waals surface area contributed by atoms with Gasteiger partial charge in [-0.15, -0.1) is 0 Å². The summed E-state index contributed by atoms with van der Waals surface area (Å²) in [5.41, 5.74) is -1.83. The van der Waals surface area contributed by atoms with Crippen molar-refractivity contribution in [1.29, 1.82) is 0 Å². The van der Waals surface area contributed by atoms with Crippen molar-refractivity contribution in [3.8, 4) is 11.5 Å². The number of benzene rings is 2. The lowest BCUT2D eigenvalue weighted by Crippen LogP contribution is -2.25. The molecule has 9 nitrogen and oxygen atoms in total. The van der Waals surface area contributed by atoms with Gasteiger partial charge in [-0.3, -0.25) is 19.9 Å².